The summed E-state index contributed by atoms with van der Waals surface area (Å²) in [5.41, 5.74) is 5.47. The molecule has 2 aromatic carbocycles. The fourth-order valence-corrected chi connectivity index (χ4v) is 4.61. The first kappa shape index (κ1) is 24.0. The second-order valence-electron chi connectivity index (χ2n) is 7.81. The number of unbranched alkanes of at least 4 members (excludes halogenated alkanes) is 3. The van der Waals surface area contributed by atoms with Crippen molar-refractivity contribution in [3.63, 3.8) is 0 Å². The summed E-state index contributed by atoms with van der Waals surface area (Å²) < 4.78 is 0. The Bertz CT molecular complexity index is 879. The van der Waals surface area contributed by atoms with E-state index in [1.165, 1.54) is 36.5 Å². The zero-order valence-electron chi connectivity index (χ0n) is 18.9. The van der Waals surface area contributed by atoms with Gasteiger partial charge in [-0.3, -0.25) is 9.59 Å². The van der Waals surface area contributed by atoms with Gasteiger partial charge in [-0.1, -0.05) is 49.9 Å². The number of thioether (sulfide) groups is 1. The maximum Gasteiger partial charge on any atom is 0.223 e. The zero-order valence-corrected chi connectivity index (χ0v) is 19.7. The summed E-state index contributed by atoms with van der Waals surface area (Å²) in [7, 11) is 0. The number of nitrogens with zero attached hydrogens (tertiary/aromatic N) is 1. The van der Waals surface area contributed by atoms with Gasteiger partial charge in [-0.2, -0.15) is 0 Å². The molecule has 0 atom stereocenters. The highest BCUT2D eigenvalue weighted by molar-refractivity contribution is 7.98. The predicted octanol–water partition coefficient (Wildman–Crippen LogP) is 6.49. The first-order chi connectivity index (χ1) is 14.3. The highest BCUT2D eigenvalue weighted by atomic mass is 32.2. The van der Waals surface area contributed by atoms with Gasteiger partial charge >= 0.3 is 0 Å². The molecule has 0 aliphatic heterocycles. The highest BCUT2D eigenvalue weighted by Gasteiger charge is 2.17. The van der Waals surface area contributed by atoms with Crippen molar-refractivity contribution in [3.8, 4) is 0 Å². The van der Waals surface area contributed by atoms with E-state index in [0.717, 1.165) is 34.9 Å². The summed E-state index contributed by atoms with van der Waals surface area (Å²) in [5, 5.41) is 2.86. The van der Waals surface area contributed by atoms with Crippen molar-refractivity contribution >= 4 is 35.0 Å². The minimum atomic E-state index is -0.101. The number of benzene rings is 2. The van der Waals surface area contributed by atoms with Gasteiger partial charge in [-0.15, -0.1) is 11.8 Å². The molecule has 0 saturated carbocycles. The first-order valence-corrected chi connectivity index (χ1v) is 11.7. The van der Waals surface area contributed by atoms with Crippen molar-refractivity contribution in [2.45, 2.75) is 71.0 Å². The normalized spacial score (nSPS) is 10.7. The molecular formula is C25H34N2O2S. The van der Waals surface area contributed by atoms with E-state index in [1.807, 2.05) is 23.1 Å². The van der Waals surface area contributed by atoms with Gasteiger partial charge in [0.2, 0.25) is 11.8 Å². The summed E-state index contributed by atoms with van der Waals surface area (Å²) in [6.45, 7) is 10.3. The number of carbonyl (C=O) groups excluding carboxylic acids is 2. The Kier molecular flexibility index (Phi) is 9.44. The molecule has 0 aliphatic carbocycles. The molecule has 0 aliphatic rings. The maximum absolute atomic E-state index is 12.4. The molecule has 0 bridgehead atoms. The fourth-order valence-electron chi connectivity index (χ4n) is 3.44. The lowest BCUT2D eigenvalue weighted by Crippen LogP contribution is -2.30. The molecule has 5 heteroatoms. The smallest absolute Gasteiger partial charge is 0.223 e. The Balaban J connectivity index is 2.30. The number of nitrogens with one attached hydrogen (secondary N) is 1. The van der Waals surface area contributed by atoms with Crippen LogP contribution in [0.2, 0.25) is 0 Å². The lowest BCUT2D eigenvalue weighted by Gasteiger charge is -2.24. The SMILES string of the molecule is CCCCCCN(C(C)=O)c1ccc(NC(C)=O)cc1SCc1ccc(C)cc1C. The van der Waals surface area contributed by atoms with E-state index in [2.05, 4.69) is 44.3 Å². The Morgan fingerprint density at radius 1 is 1.00 bits per heavy atom. The molecule has 0 radical (unpaired) electrons. The van der Waals surface area contributed by atoms with Gasteiger partial charge in [0.15, 0.2) is 0 Å². The molecule has 4 nitrogen and oxygen atoms in total. The average molecular weight is 427 g/mol. The van der Waals surface area contributed by atoms with E-state index in [1.54, 1.807) is 18.7 Å². The van der Waals surface area contributed by atoms with Crippen molar-refractivity contribution in [3.05, 3.63) is 53.1 Å². The highest BCUT2D eigenvalue weighted by Crippen LogP contribution is 2.36. The van der Waals surface area contributed by atoms with E-state index in [4.69, 9.17) is 0 Å². The summed E-state index contributed by atoms with van der Waals surface area (Å²) >= 11 is 1.71. The summed E-state index contributed by atoms with van der Waals surface area (Å²) in [4.78, 5) is 26.8. The van der Waals surface area contributed by atoms with Gasteiger partial charge in [0.25, 0.3) is 0 Å². The van der Waals surface area contributed by atoms with E-state index in [9.17, 15) is 9.59 Å². The van der Waals surface area contributed by atoms with Crippen molar-refractivity contribution < 1.29 is 9.59 Å². The van der Waals surface area contributed by atoms with Crippen LogP contribution in [0.15, 0.2) is 41.3 Å². The van der Waals surface area contributed by atoms with Crippen molar-refractivity contribution in [1.29, 1.82) is 0 Å². The number of hydrogen-bond acceptors (Lipinski definition) is 3. The minimum Gasteiger partial charge on any atom is -0.326 e. The van der Waals surface area contributed by atoms with Gasteiger partial charge < -0.3 is 10.2 Å². The number of rotatable bonds is 10. The Morgan fingerprint density at radius 3 is 2.40 bits per heavy atom. The third-order valence-electron chi connectivity index (χ3n) is 5.07. The Labute approximate surface area is 185 Å². The van der Waals surface area contributed by atoms with E-state index in [0.29, 0.717) is 6.54 Å². The topological polar surface area (TPSA) is 49.4 Å². The molecule has 30 heavy (non-hydrogen) atoms. The second-order valence-corrected chi connectivity index (χ2v) is 8.83. The number of carbonyl (C=O) groups is 2. The van der Waals surface area contributed by atoms with Crippen molar-refractivity contribution in [1.82, 2.24) is 0 Å². The van der Waals surface area contributed by atoms with Crippen LogP contribution in [-0.2, 0) is 15.3 Å². The maximum atomic E-state index is 12.4. The summed E-state index contributed by atoms with van der Waals surface area (Å²) in [6.07, 6.45) is 4.46. The molecule has 0 spiro atoms. The van der Waals surface area contributed by atoms with Crippen LogP contribution in [-0.4, -0.2) is 18.4 Å². The van der Waals surface area contributed by atoms with Crippen LogP contribution in [0.25, 0.3) is 0 Å². The van der Waals surface area contributed by atoms with E-state index in [-0.39, 0.29) is 11.8 Å². The quantitative estimate of drug-likeness (QED) is 0.349. The summed E-state index contributed by atoms with van der Waals surface area (Å²) in [5.74, 6) is 0.757. The second kappa shape index (κ2) is 11.8. The Morgan fingerprint density at radius 2 is 1.77 bits per heavy atom. The molecule has 2 rings (SSSR count). The molecule has 1 N–H and O–H groups in total. The van der Waals surface area contributed by atoms with Crippen LogP contribution in [0.4, 0.5) is 11.4 Å². The largest absolute Gasteiger partial charge is 0.326 e. The molecule has 162 valence electrons. The van der Waals surface area contributed by atoms with Gasteiger partial charge in [-0.25, -0.2) is 0 Å². The lowest BCUT2D eigenvalue weighted by molar-refractivity contribution is -0.116. The van der Waals surface area contributed by atoms with Gasteiger partial charge in [0.1, 0.15) is 0 Å². The first-order valence-electron chi connectivity index (χ1n) is 10.7. The van der Waals surface area contributed by atoms with Crippen molar-refractivity contribution in [2.75, 3.05) is 16.8 Å². The van der Waals surface area contributed by atoms with Crippen LogP contribution in [0.5, 0.6) is 0 Å². The number of amides is 2. The molecule has 0 fully saturated rings. The Hall–Kier alpha value is -2.27. The zero-order chi connectivity index (χ0) is 22.1. The van der Waals surface area contributed by atoms with Crippen LogP contribution in [0.1, 0.15) is 63.1 Å². The van der Waals surface area contributed by atoms with Crippen molar-refractivity contribution in [2.24, 2.45) is 0 Å². The van der Waals surface area contributed by atoms with Gasteiger partial charge in [-0.05, 0) is 49.6 Å². The van der Waals surface area contributed by atoms with E-state index >= 15 is 0 Å². The van der Waals surface area contributed by atoms with Crippen LogP contribution in [0.3, 0.4) is 0 Å². The number of anilines is 2. The fraction of sp³-hybridized carbons (Fsp3) is 0.440. The predicted molar refractivity (Wildman–Crippen MR) is 128 cm³/mol. The van der Waals surface area contributed by atoms with Crippen LogP contribution in [0, 0.1) is 13.8 Å². The molecule has 0 unspecified atom stereocenters. The molecule has 0 heterocycles. The molecule has 0 aromatic heterocycles. The minimum absolute atomic E-state index is 0.0483. The third-order valence-corrected chi connectivity index (χ3v) is 6.16. The standard InChI is InChI=1S/C25H34N2O2S/c1-6-7-8-9-14-27(21(5)29)24-13-12-23(26-20(4)28)16-25(24)30-17-22-11-10-18(2)15-19(22)3/h10-13,15-16H,6-9,14,17H2,1-5H3,(H,26,28). The third kappa shape index (κ3) is 7.21. The monoisotopic (exact) mass is 426 g/mol. The van der Waals surface area contributed by atoms with E-state index < -0.39 is 0 Å². The molecule has 2 amide bonds. The molecule has 0 saturated heterocycles. The van der Waals surface area contributed by atoms with Gasteiger partial charge in [0, 0.05) is 36.7 Å². The van der Waals surface area contributed by atoms with Gasteiger partial charge in [0.05, 0.1) is 5.69 Å². The van der Waals surface area contributed by atoms with Crippen LogP contribution >= 0.6 is 11.8 Å². The number of aryl methyl sites for hydroxylation is 2. The molecular weight excluding hydrogens is 392 g/mol. The number of hydrogen-bond donors (Lipinski definition) is 1. The summed E-state index contributed by atoms with van der Waals surface area (Å²) in [6, 6.07) is 12.3. The average Bonchev–Trinajstić information content (AvgIpc) is 2.67. The lowest BCUT2D eigenvalue weighted by atomic mass is 10.1. The van der Waals surface area contributed by atoms with Crippen LogP contribution < -0.4 is 10.2 Å². The molecule has 2 aromatic rings.